The van der Waals surface area contributed by atoms with Crippen LogP contribution in [-0.2, 0) is 9.53 Å². The molecule has 0 bridgehead atoms. The molecular formula is C20H22N2O4. The molecule has 0 aliphatic heterocycles. The molecule has 2 aromatic carbocycles. The fourth-order valence-corrected chi connectivity index (χ4v) is 2.04. The van der Waals surface area contributed by atoms with Crippen molar-refractivity contribution in [3.63, 3.8) is 0 Å². The SMILES string of the molecule is CCCC(=O)N(C)c1ccc(C#N)cc1.COC(=O)c1cccc(O)c1. The van der Waals surface area contributed by atoms with Crippen molar-refractivity contribution >= 4 is 17.6 Å². The molecule has 1 N–H and O–H groups in total. The summed E-state index contributed by atoms with van der Waals surface area (Å²) in [7, 11) is 3.05. The fraction of sp³-hybridized carbons (Fsp3) is 0.250. The second-order valence-electron chi connectivity index (χ2n) is 5.40. The zero-order valence-electron chi connectivity index (χ0n) is 15.1. The number of nitriles is 1. The molecule has 0 atom stereocenters. The first-order valence-electron chi connectivity index (χ1n) is 8.07. The van der Waals surface area contributed by atoms with Gasteiger partial charge in [-0.15, -0.1) is 0 Å². The highest BCUT2D eigenvalue weighted by molar-refractivity contribution is 5.92. The van der Waals surface area contributed by atoms with Gasteiger partial charge in [-0.3, -0.25) is 4.79 Å². The Kier molecular flexibility index (Phi) is 8.38. The summed E-state index contributed by atoms with van der Waals surface area (Å²) in [6, 6.07) is 15.0. The number of carbonyl (C=O) groups is 2. The molecule has 2 aromatic rings. The van der Waals surface area contributed by atoms with Gasteiger partial charge in [-0.05, 0) is 48.9 Å². The number of nitrogens with zero attached hydrogens (tertiary/aromatic N) is 2. The summed E-state index contributed by atoms with van der Waals surface area (Å²) in [5.41, 5.74) is 1.79. The number of benzene rings is 2. The van der Waals surface area contributed by atoms with E-state index in [2.05, 4.69) is 4.74 Å². The molecule has 0 unspecified atom stereocenters. The van der Waals surface area contributed by atoms with E-state index in [1.165, 1.54) is 19.2 Å². The summed E-state index contributed by atoms with van der Waals surface area (Å²) in [6.07, 6.45) is 1.40. The third kappa shape index (κ3) is 6.29. The normalized spacial score (nSPS) is 9.31. The summed E-state index contributed by atoms with van der Waals surface area (Å²) in [4.78, 5) is 24.0. The number of amides is 1. The fourth-order valence-electron chi connectivity index (χ4n) is 2.04. The van der Waals surface area contributed by atoms with Gasteiger partial charge in [0.15, 0.2) is 0 Å². The molecule has 0 aliphatic carbocycles. The van der Waals surface area contributed by atoms with Crippen LogP contribution in [0.2, 0.25) is 0 Å². The molecule has 2 rings (SSSR count). The van der Waals surface area contributed by atoms with Crippen molar-refractivity contribution in [1.29, 1.82) is 5.26 Å². The zero-order valence-corrected chi connectivity index (χ0v) is 15.1. The summed E-state index contributed by atoms with van der Waals surface area (Å²) in [6.45, 7) is 1.98. The van der Waals surface area contributed by atoms with Crippen molar-refractivity contribution in [2.45, 2.75) is 19.8 Å². The molecule has 0 saturated carbocycles. The minimum atomic E-state index is -0.444. The lowest BCUT2D eigenvalue weighted by Crippen LogP contribution is -2.25. The number of aromatic hydroxyl groups is 1. The second-order valence-corrected chi connectivity index (χ2v) is 5.40. The Morgan fingerprint density at radius 1 is 1.19 bits per heavy atom. The Balaban J connectivity index is 0.000000273. The molecular weight excluding hydrogens is 332 g/mol. The molecule has 0 radical (unpaired) electrons. The van der Waals surface area contributed by atoms with E-state index in [-0.39, 0.29) is 11.7 Å². The Bertz CT molecular complexity index is 779. The summed E-state index contributed by atoms with van der Waals surface area (Å²) >= 11 is 0. The first-order chi connectivity index (χ1) is 12.4. The highest BCUT2D eigenvalue weighted by Crippen LogP contribution is 2.14. The number of phenolic OH excluding ortho intramolecular Hbond substituents is 1. The van der Waals surface area contributed by atoms with Crippen molar-refractivity contribution in [2.24, 2.45) is 0 Å². The minimum Gasteiger partial charge on any atom is -0.508 e. The number of phenols is 1. The van der Waals surface area contributed by atoms with Crippen LogP contribution in [0.5, 0.6) is 5.75 Å². The van der Waals surface area contributed by atoms with Gasteiger partial charge in [0.05, 0.1) is 24.3 Å². The molecule has 6 heteroatoms. The van der Waals surface area contributed by atoms with Gasteiger partial charge >= 0.3 is 5.97 Å². The highest BCUT2D eigenvalue weighted by Gasteiger charge is 2.09. The molecule has 6 nitrogen and oxygen atoms in total. The van der Waals surface area contributed by atoms with Crippen LogP contribution in [0, 0.1) is 11.3 Å². The van der Waals surface area contributed by atoms with Crippen molar-refractivity contribution in [3.05, 3.63) is 59.7 Å². The summed E-state index contributed by atoms with van der Waals surface area (Å²) in [5.74, 6) is -0.281. The second kappa shape index (κ2) is 10.5. The number of rotatable bonds is 4. The van der Waals surface area contributed by atoms with Crippen LogP contribution in [0.25, 0.3) is 0 Å². The Hall–Kier alpha value is -3.33. The Morgan fingerprint density at radius 3 is 2.35 bits per heavy atom. The van der Waals surface area contributed by atoms with Gasteiger partial charge in [0.25, 0.3) is 0 Å². The molecule has 0 heterocycles. The van der Waals surface area contributed by atoms with Gasteiger partial charge in [-0.1, -0.05) is 13.0 Å². The zero-order chi connectivity index (χ0) is 19.5. The van der Waals surface area contributed by atoms with Crippen LogP contribution in [0.15, 0.2) is 48.5 Å². The summed E-state index contributed by atoms with van der Waals surface area (Å²) in [5, 5.41) is 17.6. The molecule has 1 amide bonds. The van der Waals surface area contributed by atoms with Crippen LogP contribution < -0.4 is 4.90 Å². The van der Waals surface area contributed by atoms with Crippen LogP contribution >= 0.6 is 0 Å². The minimum absolute atomic E-state index is 0.0629. The summed E-state index contributed by atoms with van der Waals surface area (Å²) < 4.78 is 4.44. The number of hydrogen-bond acceptors (Lipinski definition) is 5. The predicted molar refractivity (Wildman–Crippen MR) is 98.9 cm³/mol. The molecule has 0 spiro atoms. The Labute approximate surface area is 153 Å². The van der Waals surface area contributed by atoms with Gasteiger partial charge in [0.2, 0.25) is 5.91 Å². The quantitative estimate of drug-likeness (QED) is 0.849. The maximum Gasteiger partial charge on any atom is 0.337 e. The number of methoxy groups -OCH3 is 1. The average molecular weight is 354 g/mol. The third-order valence-corrected chi connectivity index (χ3v) is 3.49. The lowest BCUT2D eigenvalue weighted by molar-refractivity contribution is -0.118. The van der Waals surface area contributed by atoms with E-state index in [4.69, 9.17) is 10.4 Å². The lowest BCUT2D eigenvalue weighted by atomic mass is 10.2. The number of carbonyl (C=O) groups excluding carboxylic acids is 2. The predicted octanol–water partition coefficient (Wildman–Crippen LogP) is 3.50. The van der Waals surface area contributed by atoms with E-state index in [0.29, 0.717) is 17.5 Å². The number of esters is 1. The van der Waals surface area contributed by atoms with Crippen molar-refractivity contribution < 1.29 is 19.4 Å². The van der Waals surface area contributed by atoms with E-state index >= 15 is 0 Å². The molecule has 0 aromatic heterocycles. The van der Waals surface area contributed by atoms with Gasteiger partial charge in [-0.2, -0.15) is 5.26 Å². The van der Waals surface area contributed by atoms with E-state index < -0.39 is 5.97 Å². The number of ether oxygens (including phenoxy) is 1. The van der Waals surface area contributed by atoms with Crippen molar-refractivity contribution in [2.75, 3.05) is 19.1 Å². The van der Waals surface area contributed by atoms with Crippen molar-refractivity contribution in [3.8, 4) is 11.8 Å². The topological polar surface area (TPSA) is 90.6 Å². The largest absolute Gasteiger partial charge is 0.508 e. The van der Waals surface area contributed by atoms with Crippen molar-refractivity contribution in [1.82, 2.24) is 0 Å². The molecule has 0 fully saturated rings. The van der Waals surface area contributed by atoms with Gasteiger partial charge in [-0.25, -0.2) is 4.79 Å². The van der Waals surface area contributed by atoms with Crippen LogP contribution in [-0.4, -0.2) is 31.1 Å². The molecule has 136 valence electrons. The van der Waals surface area contributed by atoms with Crippen LogP contribution in [0.4, 0.5) is 5.69 Å². The first kappa shape index (κ1) is 20.7. The van der Waals surface area contributed by atoms with E-state index in [9.17, 15) is 9.59 Å². The average Bonchev–Trinajstić information content (AvgIpc) is 2.67. The van der Waals surface area contributed by atoms with E-state index in [0.717, 1.165) is 12.1 Å². The maximum absolute atomic E-state index is 11.6. The number of anilines is 1. The highest BCUT2D eigenvalue weighted by atomic mass is 16.5. The van der Waals surface area contributed by atoms with E-state index in [1.807, 2.05) is 13.0 Å². The van der Waals surface area contributed by atoms with Crippen LogP contribution in [0.3, 0.4) is 0 Å². The molecule has 0 saturated heterocycles. The molecule has 26 heavy (non-hydrogen) atoms. The van der Waals surface area contributed by atoms with Gasteiger partial charge in [0, 0.05) is 19.2 Å². The Morgan fingerprint density at radius 2 is 1.85 bits per heavy atom. The van der Waals surface area contributed by atoms with Crippen LogP contribution in [0.1, 0.15) is 35.7 Å². The first-order valence-corrected chi connectivity index (χ1v) is 8.07. The maximum atomic E-state index is 11.6. The molecule has 0 aliphatic rings. The monoisotopic (exact) mass is 354 g/mol. The lowest BCUT2D eigenvalue weighted by Gasteiger charge is -2.16. The standard InChI is InChI=1S/C12H14N2O.C8H8O3/c1-3-4-12(15)14(2)11-7-5-10(9-13)6-8-11;1-11-8(10)6-3-2-4-7(9)5-6/h5-8H,3-4H2,1-2H3;2-5,9H,1H3. The van der Waals surface area contributed by atoms with Gasteiger partial charge < -0.3 is 14.7 Å². The smallest absolute Gasteiger partial charge is 0.337 e. The van der Waals surface area contributed by atoms with Gasteiger partial charge in [0.1, 0.15) is 5.75 Å². The van der Waals surface area contributed by atoms with E-state index in [1.54, 1.807) is 48.3 Å². The third-order valence-electron chi connectivity index (χ3n) is 3.49. The number of hydrogen-bond donors (Lipinski definition) is 1.